The quantitative estimate of drug-likeness (QED) is 0.572. The maximum Gasteiger partial charge on any atom is 0.273 e. The van der Waals surface area contributed by atoms with Gasteiger partial charge in [-0.25, -0.2) is 9.97 Å². The second kappa shape index (κ2) is 10.6. The van der Waals surface area contributed by atoms with Gasteiger partial charge in [0.1, 0.15) is 0 Å². The number of amides is 1. The predicted octanol–water partition coefficient (Wildman–Crippen LogP) is 0.819. The fourth-order valence-corrected chi connectivity index (χ4v) is 4.76. The number of aliphatic hydroxyl groups excluding tert-OH is 1. The van der Waals surface area contributed by atoms with Crippen LogP contribution in [0.3, 0.4) is 0 Å². The lowest BCUT2D eigenvalue weighted by molar-refractivity contribution is 0.0647. The van der Waals surface area contributed by atoms with Crippen LogP contribution >= 0.6 is 11.6 Å². The molecule has 3 heterocycles. The topological polar surface area (TPSA) is 111 Å². The number of rotatable bonds is 7. The van der Waals surface area contributed by atoms with Gasteiger partial charge in [0.05, 0.1) is 6.61 Å². The van der Waals surface area contributed by atoms with Crippen LogP contribution in [0.4, 0.5) is 11.6 Å². The lowest BCUT2D eigenvalue weighted by atomic mass is 9.98. The number of aliphatic hydroxyl groups is 1. The number of hydrogen-bond acceptors (Lipinski definition) is 8. The first kappa shape index (κ1) is 23.0. The molecule has 0 unspecified atom stereocenters. The summed E-state index contributed by atoms with van der Waals surface area (Å²) >= 11 is 6.40. The summed E-state index contributed by atoms with van der Waals surface area (Å²) in [5.74, 6) is 0.0937. The zero-order valence-corrected chi connectivity index (χ0v) is 18.7. The maximum atomic E-state index is 12.1. The van der Waals surface area contributed by atoms with Crippen LogP contribution in [0.5, 0.6) is 0 Å². The molecule has 3 rings (SSSR count). The molecule has 0 aliphatic carbocycles. The molecule has 0 bridgehead atoms. The summed E-state index contributed by atoms with van der Waals surface area (Å²) < 4.78 is 0. The number of nitrogens with one attached hydrogen (secondary N) is 1. The van der Waals surface area contributed by atoms with E-state index in [4.69, 9.17) is 22.4 Å². The second-order valence-corrected chi connectivity index (χ2v) is 8.32. The first-order valence-electron chi connectivity index (χ1n) is 10.9. The highest BCUT2D eigenvalue weighted by Gasteiger charge is 2.34. The Morgan fingerprint density at radius 1 is 1.23 bits per heavy atom. The van der Waals surface area contributed by atoms with E-state index in [1.807, 2.05) is 0 Å². The van der Waals surface area contributed by atoms with Crippen molar-refractivity contribution in [1.82, 2.24) is 25.1 Å². The summed E-state index contributed by atoms with van der Waals surface area (Å²) in [5.41, 5.74) is 6.00. The van der Waals surface area contributed by atoms with Crippen LogP contribution in [0, 0.1) is 0 Å². The third-order valence-electron chi connectivity index (χ3n) is 6.25. The smallest absolute Gasteiger partial charge is 0.273 e. The van der Waals surface area contributed by atoms with Crippen molar-refractivity contribution in [3.05, 3.63) is 10.8 Å². The van der Waals surface area contributed by atoms with Gasteiger partial charge in [0.15, 0.2) is 22.5 Å². The third-order valence-corrected chi connectivity index (χ3v) is 6.50. The van der Waals surface area contributed by atoms with Crippen molar-refractivity contribution in [3.8, 4) is 0 Å². The number of piperidine rings is 1. The Kier molecular flexibility index (Phi) is 8.10. The van der Waals surface area contributed by atoms with Gasteiger partial charge in [-0.05, 0) is 38.9 Å². The number of nitrogens with zero attached hydrogens (tertiary/aromatic N) is 5. The molecule has 168 valence electrons. The fraction of sp³-hybridized carbons (Fsp3) is 0.750. The largest absolute Gasteiger partial charge is 0.395 e. The normalized spacial score (nSPS) is 21.7. The van der Waals surface area contributed by atoms with Crippen molar-refractivity contribution in [3.63, 3.8) is 0 Å². The van der Waals surface area contributed by atoms with Gasteiger partial charge in [0.2, 0.25) is 0 Å². The predicted molar refractivity (Wildman–Crippen MR) is 119 cm³/mol. The maximum absolute atomic E-state index is 12.1. The second-order valence-electron chi connectivity index (χ2n) is 7.96. The van der Waals surface area contributed by atoms with E-state index >= 15 is 0 Å². The van der Waals surface area contributed by atoms with E-state index in [1.165, 1.54) is 25.9 Å². The Bertz CT molecular complexity index is 727. The van der Waals surface area contributed by atoms with Crippen molar-refractivity contribution in [2.45, 2.75) is 45.2 Å². The number of halogens is 1. The monoisotopic (exact) mass is 439 g/mol. The van der Waals surface area contributed by atoms with Gasteiger partial charge in [-0.15, -0.1) is 0 Å². The van der Waals surface area contributed by atoms with Gasteiger partial charge in [0, 0.05) is 38.3 Å². The van der Waals surface area contributed by atoms with Crippen LogP contribution in [-0.4, -0.2) is 95.3 Å². The molecule has 2 fully saturated rings. The Morgan fingerprint density at radius 3 is 2.60 bits per heavy atom. The molecule has 9 nitrogen and oxygen atoms in total. The molecule has 1 aromatic rings. The summed E-state index contributed by atoms with van der Waals surface area (Å²) in [6.45, 7) is 10.4. The molecule has 0 radical (unpaired) electrons. The lowest BCUT2D eigenvalue weighted by Crippen LogP contribution is -2.58. The van der Waals surface area contributed by atoms with Gasteiger partial charge in [-0.1, -0.05) is 25.4 Å². The number of nitrogens with two attached hydrogens (primary N) is 1. The van der Waals surface area contributed by atoms with Crippen LogP contribution < -0.4 is 16.0 Å². The van der Waals surface area contributed by atoms with Gasteiger partial charge in [-0.3, -0.25) is 9.69 Å². The first-order chi connectivity index (χ1) is 14.5. The molecule has 1 atom stereocenters. The molecule has 0 saturated carbocycles. The van der Waals surface area contributed by atoms with E-state index < -0.39 is 5.91 Å². The van der Waals surface area contributed by atoms with Crippen LogP contribution in [0.25, 0.3) is 0 Å². The standard InChI is InChI=1S/C20H34ClN7O2/c1-3-14-13-27(10-11-28(14)15-5-8-26(4-2)9-6-15)19-17(21)24-16(18(22)25-19)20(30)23-7-12-29/h14-15,29H,3-13H2,1-2H3,(H2,22,25)(H,23,30)/t14-/m0/s1. The summed E-state index contributed by atoms with van der Waals surface area (Å²) in [7, 11) is 0. The summed E-state index contributed by atoms with van der Waals surface area (Å²) in [6.07, 6.45) is 3.48. The van der Waals surface area contributed by atoms with E-state index in [0.29, 0.717) is 17.9 Å². The lowest BCUT2D eigenvalue weighted by Gasteiger charge is -2.47. The third kappa shape index (κ3) is 5.14. The molecule has 30 heavy (non-hydrogen) atoms. The minimum atomic E-state index is -0.489. The molecule has 2 saturated heterocycles. The zero-order valence-electron chi connectivity index (χ0n) is 18.0. The van der Waals surface area contributed by atoms with E-state index in [0.717, 1.165) is 32.6 Å². The van der Waals surface area contributed by atoms with Crippen molar-refractivity contribution < 1.29 is 9.90 Å². The van der Waals surface area contributed by atoms with Gasteiger partial charge >= 0.3 is 0 Å². The van der Waals surface area contributed by atoms with Gasteiger partial charge < -0.3 is 26.0 Å². The molecule has 2 aliphatic rings. The average Bonchev–Trinajstić information content (AvgIpc) is 2.78. The number of piperazine rings is 1. The number of carbonyl (C=O) groups is 1. The highest BCUT2D eigenvalue weighted by Crippen LogP contribution is 2.29. The Labute approximate surface area is 183 Å². The molecular formula is C20H34ClN7O2. The van der Waals surface area contributed by atoms with Crippen molar-refractivity contribution in [2.24, 2.45) is 0 Å². The van der Waals surface area contributed by atoms with Crippen molar-refractivity contribution >= 4 is 29.1 Å². The van der Waals surface area contributed by atoms with Gasteiger partial charge in [-0.2, -0.15) is 0 Å². The number of anilines is 2. The number of likely N-dealkylation sites (tertiary alicyclic amines) is 1. The van der Waals surface area contributed by atoms with Crippen LogP contribution in [0.1, 0.15) is 43.6 Å². The number of aromatic nitrogens is 2. The van der Waals surface area contributed by atoms with E-state index in [9.17, 15) is 4.79 Å². The Morgan fingerprint density at radius 2 is 1.97 bits per heavy atom. The summed E-state index contributed by atoms with van der Waals surface area (Å²) in [4.78, 5) is 28.1. The van der Waals surface area contributed by atoms with Crippen LogP contribution in [0.2, 0.25) is 5.15 Å². The fourth-order valence-electron chi connectivity index (χ4n) is 4.51. The van der Waals surface area contributed by atoms with E-state index in [2.05, 4.69) is 43.8 Å². The molecule has 4 N–H and O–H groups in total. The highest BCUT2D eigenvalue weighted by molar-refractivity contribution is 6.32. The van der Waals surface area contributed by atoms with Crippen molar-refractivity contribution in [1.29, 1.82) is 0 Å². The molecular weight excluding hydrogens is 406 g/mol. The molecule has 2 aliphatic heterocycles. The van der Waals surface area contributed by atoms with Crippen LogP contribution in [0.15, 0.2) is 0 Å². The first-order valence-corrected chi connectivity index (χ1v) is 11.3. The average molecular weight is 440 g/mol. The Balaban J connectivity index is 1.69. The Hall–Kier alpha value is -1.68. The molecule has 10 heteroatoms. The summed E-state index contributed by atoms with van der Waals surface area (Å²) in [6, 6.07) is 1.05. The number of nitrogen functional groups attached to an aromatic ring is 1. The SMILES string of the molecule is CC[C@H]1CN(c2nc(N)c(C(=O)NCCO)nc2Cl)CCN1C1CCN(CC)CC1. The van der Waals surface area contributed by atoms with E-state index in [-0.39, 0.29) is 29.8 Å². The molecule has 1 amide bonds. The minimum Gasteiger partial charge on any atom is -0.395 e. The van der Waals surface area contributed by atoms with Gasteiger partial charge in [0.25, 0.3) is 5.91 Å². The van der Waals surface area contributed by atoms with E-state index in [1.54, 1.807) is 0 Å². The van der Waals surface area contributed by atoms with Crippen LogP contribution in [-0.2, 0) is 0 Å². The molecule has 0 aromatic carbocycles. The van der Waals surface area contributed by atoms with Crippen molar-refractivity contribution in [2.75, 3.05) is 63.1 Å². The zero-order chi connectivity index (χ0) is 21.7. The highest BCUT2D eigenvalue weighted by atomic mass is 35.5. The minimum absolute atomic E-state index is 0.00874. The number of carbonyl (C=O) groups excluding carboxylic acids is 1. The number of hydrogen-bond donors (Lipinski definition) is 3. The summed E-state index contributed by atoms with van der Waals surface area (Å²) in [5, 5.41) is 11.6. The molecule has 1 aromatic heterocycles. The molecule has 0 spiro atoms.